The minimum atomic E-state index is -0.473. The van der Waals surface area contributed by atoms with Gasteiger partial charge in [-0.1, -0.05) is 53.5 Å². The van der Waals surface area contributed by atoms with E-state index >= 15 is 0 Å². The Morgan fingerprint density at radius 1 is 0.808 bits per heavy atom. The number of hydrogen-bond acceptors (Lipinski definition) is 3. The number of anilines is 1. The zero-order valence-electron chi connectivity index (χ0n) is 13.7. The first-order valence-corrected chi connectivity index (χ1v) is 8.52. The summed E-state index contributed by atoms with van der Waals surface area (Å²) in [6.07, 6.45) is 0.182. The topological polar surface area (TPSA) is 87.3 Å². The first kappa shape index (κ1) is 19.8. The molecule has 8 heteroatoms. The van der Waals surface area contributed by atoms with Gasteiger partial charge in [-0.2, -0.15) is 0 Å². The van der Waals surface area contributed by atoms with Crippen molar-refractivity contribution in [2.24, 2.45) is 0 Å². The Kier molecular flexibility index (Phi) is 7.44. The van der Waals surface area contributed by atoms with Gasteiger partial charge in [0.2, 0.25) is 17.7 Å². The number of hydrogen-bond donors (Lipinski definition) is 3. The normalized spacial score (nSPS) is 10.1. The van der Waals surface area contributed by atoms with Crippen molar-refractivity contribution in [2.75, 3.05) is 18.4 Å². The lowest BCUT2D eigenvalue weighted by Crippen LogP contribution is -2.40. The molecule has 3 amide bonds. The third-order valence-corrected chi connectivity index (χ3v) is 3.87. The smallest absolute Gasteiger partial charge is 0.243 e. The summed E-state index contributed by atoms with van der Waals surface area (Å²) in [6.45, 7) is -0.465. The van der Waals surface area contributed by atoms with Gasteiger partial charge in [0.25, 0.3) is 0 Å². The summed E-state index contributed by atoms with van der Waals surface area (Å²) in [7, 11) is 0. The fourth-order valence-electron chi connectivity index (χ4n) is 2.05. The van der Waals surface area contributed by atoms with Crippen molar-refractivity contribution >= 4 is 46.6 Å². The highest BCUT2D eigenvalue weighted by Gasteiger charge is 2.10. The Balaban J connectivity index is 1.70. The van der Waals surface area contributed by atoms with Crippen molar-refractivity contribution in [3.05, 3.63) is 64.1 Å². The van der Waals surface area contributed by atoms with E-state index in [1.807, 2.05) is 30.3 Å². The van der Waals surface area contributed by atoms with E-state index in [4.69, 9.17) is 23.2 Å². The molecule has 0 spiro atoms. The van der Waals surface area contributed by atoms with Crippen molar-refractivity contribution in [1.82, 2.24) is 10.6 Å². The maximum atomic E-state index is 11.8. The molecule has 0 radical (unpaired) electrons. The second-order valence-electron chi connectivity index (χ2n) is 5.39. The van der Waals surface area contributed by atoms with Crippen molar-refractivity contribution in [2.45, 2.75) is 6.42 Å². The zero-order valence-corrected chi connectivity index (χ0v) is 15.2. The van der Waals surface area contributed by atoms with Crippen LogP contribution in [0.3, 0.4) is 0 Å². The minimum Gasteiger partial charge on any atom is -0.347 e. The zero-order chi connectivity index (χ0) is 18.9. The molecule has 0 aliphatic rings. The Bertz CT molecular complexity index is 798. The minimum absolute atomic E-state index is 0.182. The lowest BCUT2D eigenvalue weighted by atomic mass is 10.1. The molecule has 3 N–H and O–H groups in total. The molecule has 2 aromatic rings. The molecule has 2 aromatic carbocycles. The summed E-state index contributed by atoms with van der Waals surface area (Å²) >= 11 is 11.8. The van der Waals surface area contributed by atoms with Gasteiger partial charge in [0.1, 0.15) is 0 Å². The van der Waals surface area contributed by atoms with E-state index < -0.39 is 11.8 Å². The van der Waals surface area contributed by atoms with Gasteiger partial charge in [0, 0.05) is 5.02 Å². The van der Waals surface area contributed by atoms with E-state index in [1.54, 1.807) is 12.1 Å². The number of nitrogens with one attached hydrogen (secondary N) is 3. The Morgan fingerprint density at radius 3 is 2.19 bits per heavy atom. The van der Waals surface area contributed by atoms with Crippen molar-refractivity contribution in [3.8, 4) is 0 Å². The third-order valence-electron chi connectivity index (χ3n) is 3.30. The third kappa shape index (κ3) is 6.74. The fraction of sp³-hybridized carbons (Fsp3) is 0.167. The molecule has 0 bridgehead atoms. The van der Waals surface area contributed by atoms with Gasteiger partial charge in [0.05, 0.1) is 30.2 Å². The number of amides is 3. The predicted molar refractivity (Wildman–Crippen MR) is 101 cm³/mol. The molecule has 2 rings (SSSR count). The van der Waals surface area contributed by atoms with Crippen LogP contribution in [-0.2, 0) is 20.8 Å². The van der Waals surface area contributed by atoms with Gasteiger partial charge < -0.3 is 16.0 Å². The van der Waals surface area contributed by atoms with Gasteiger partial charge in [-0.3, -0.25) is 14.4 Å². The van der Waals surface area contributed by atoms with Crippen LogP contribution >= 0.6 is 23.2 Å². The molecule has 0 saturated carbocycles. The molecule has 0 aliphatic carbocycles. The molecule has 0 aromatic heterocycles. The Hall–Kier alpha value is -2.57. The van der Waals surface area contributed by atoms with Gasteiger partial charge in [-0.25, -0.2) is 0 Å². The van der Waals surface area contributed by atoms with Crippen molar-refractivity contribution in [1.29, 1.82) is 0 Å². The number of carbonyl (C=O) groups excluding carboxylic acids is 3. The molecule has 6 nitrogen and oxygen atoms in total. The standard InChI is InChI=1S/C18H17Cl2N3O3/c19-13-6-7-14(20)15(9-13)23-18(26)11-22-17(25)10-21-16(24)8-12-4-2-1-3-5-12/h1-7,9H,8,10-11H2,(H,21,24)(H,22,25)(H,23,26). The number of carbonyl (C=O) groups is 3. The quantitative estimate of drug-likeness (QED) is 0.674. The van der Waals surface area contributed by atoms with Crippen LogP contribution in [0, 0.1) is 0 Å². The van der Waals surface area contributed by atoms with E-state index in [1.165, 1.54) is 6.07 Å². The molecular formula is C18H17Cl2N3O3. The number of halogens is 2. The highest BCUT2D eigenvalue weighted by Crippen LogP contribution is 2.25. The van der Waals surface area contributed by atoms with Crippen LogP contribution in [0.4, 0.5) is 5.69 Å². The van der Waals surface area contributed by atoms with Crippen LogP contribution in [0.25, 0.3) is 0 Å². The highest BCUT2D eigenvalue weighted by atomic mass is 35.5. The summed E-state index contributed by atoms with van der Waals surface area (Å²) < 4.78 is 0. The monoisotopic (exact) mass is 393 g/mol. The maximum absolute atomic E-state index is 11.8. The van der Waals surface area contributed by atoms with Gasteiger partial charge in [-0.05, 0) is 23.8 Å². The first-order valence-electron chi connectivity index (χ1n) is 7.76. The number of benzene rings is 2. The fourth-order valence-corrected chi connectivity index (χ4v) is 2.39. The van der Waals surface area contributed by atoms with E-state index in [2.05, 4.69) is 16.0 Å². The van der Waals surface area contributed by atoms with Gasteiger partial charge in [0.15, 0.2) is 0 Å². The molecule has 0 saturated heterocycles. The molecular weight excluding hydrogens is 377 g/mol. The largest absolute Gasteiger partial charge is 0.347 e. The molecule has 0 atom stereocenters. The summed E-state index contributed by atoms with van der Waals surface area (Å²) in [5.74, 6) is -1.21. The van der Waals surface area contributed by atoms with Crippen LogP contribution in [0.15, 0.2) is 48.5 Å². The number of rotatable bonds is 7. The first-order chi connectivity index (χ1) is 12.4. The summed E-state index contributed by atoms with van der Waals surface area (Å²) in [5, 5.41) is 8.22. The molecule has 0 unspecified atom stereocenters. The molecule has 0 heterocycles. The van der Waals surface area contributed by atoms with Crippen LogP contribution in [0.5, 0.6) is 0 Å². The molecule has 136 valence electrons. The Labute approximate surface area is 160 Å². The molecule has 26 heavy (non-hydrogen) atoms. The van der Waals surface area contributed by atoms with Crippen LogP contribution in [-0.4, -0.2) is 30.8 Å². The highest BCUT2D eigenvalue weighted by molar-refractivity contribution is 6.35. The summed E-state index contributed by atoms with van der Waals surface area (Å²) in [6, 6.07) is 13.8. The predicted octanol–water partition coefficient (Wildman–Crippen LogP) is 2.41. The van der Waals surface area contributed by atoms with Gasteiger partial charge in [-0.15, -0.1) is 0 Å². The van der Waals surface area contributed by atoms with Crippen LogP contribution in [0.2, 0.25) is 10.0 Å². The van der Waals surface area contributed by atoms with Crippen LogP contribution < -0.4 is 16.0 Å². The summed E-state index contributed by atoms with van der Waals surface area (Å²) in [5.41, 5.74) is 1.21. The second-order valence-corrected chi connectivity index (χ2v) is 6.23. The Morgan fingerprint density at radius 2 is 1.46 bits per heavy atom. The lowest BCUT2D eigenvalue weighted by Gasteiger charge is -2.09. The molecule has 0 fully saturated rings. The summed E-state index contributed by atoms with van der Waals surface area (Å²) in [4.78, 5) is 35.3. The van der Waals surface area contributed by atoms with Crippen molar-refractivity contribution in [3.63, 3.8) is 0 Å². The van der Waals surface area contributed by atoms with E-state index in [0.717, 1.165) is 5.56 Å². The molecule has 0 aliphatic heterocycles. The second kappa shape index (κ2) is 9.79. The van der Waals surface area contributed by atoms with Crippen LogP contribution in [0.1, 0.15) is 5.56 Å². The van der Waals surface area contributed by atoms with Crippen molar-refractivity contribution < 1.29 is 14.4 Å². The van der Waals surface area contributed by atoms with E-state index in [9.17, 15) is 14.4 Å². The average molecular weight is 394 g/mol. The lowest BCUT2D eigenvalue weighted by molar-refractivity contribution is -0.126. The van der Waals surface area contributed by atoms with Gasteiger partial charge >= 0.3 is 0 Å². The van der Waals surface area contributed by atoms with E-state index in [0.29, 0.717) is 15.7 Å². The average Bonchev–Trinajstić information content (AvgIpc) is 2.62. The maximum Gasteiger partial charge on any atom is 0.243 e. The SMILES string of the molecule is O=C(CNC(=O)Cc1ccccc1)NCC(=O)Nc1cc(Cl)ccc1Cl. The van der Waals surface area contributed by atoms with E-state index in [-0.39, 0.29) is 25.4 Å².